The first-order chi connectivity index (χ1) is 14.0. The highest BCUT2D eigenvalue weighted by Crippen LogP contribution is 2.40. The number of nitrogens with zero attached hydrogens (tertiary/aromatic N) is 4. The minimum absolute atomic E-state index is 0.00997. The average Bonchev–Trinajstić information content (AvgIpc) is 2.58. The number of nitro groups is 1. The predicted octanol–water partition coefficient (Wildman–Crippen LogP) is 4.74. The third-order valence-electron chi connectivity index (χ3n) is 6.27. The number of hydrogen-bond donors (Lipinski definition) is 1. The number of anilines is 1. The Balaban J connectivity index is 2.48. The van der Waals surface area contributed by atoms with E-state index in [-0.39, 0.29) is 22.9 Å². The van der Waals surface area contributed by atoms with Gasteiger partial charge in [-0.2, -0.15) is 0 Å². The van der Waals surface area contributed by atoms with E-state index in [9.17, 15) is 20.0 Å². The molecule has 1 aliphatic heterocycles. The molecule has 0 bridgehead atoms. The Kier molecular flexibility index (Phi) is 7.06. The van der Waals surface area contributed by atoms with E-state index < -0.39 is 24.9 Å². The van der Waals surface area contributed by atoms with E-state index in [1.807, 2.05) is 25.7 Å². The lowest BCUT2D eigenvalue weighted by atomic mass is 9.96. The van der Waals surface area contributed by atoms with E-state index in [1.54, 1.807) is 6.07 Å². The monoisotopic (exact) mass is 452 g/mol. The van der Waals surface area contributed by atoms with Gasteiger partial charge in [-0.05, 0) is 51.4 Å². The fourth-order valence-corrected chi connectivity index (χ4v) is 5.23. The number of carboxylic acid groups (broad SMARTS) is 1. The van der Waals surface area contributed by atoms with Crippen molar-refractivity contribution in [2.24, 2.45) is 0 Å². The van der Waals surface area contributed by atoms with Crippen LogP contribution >= 0.6 is 0 Å². The van der Waals surface area contributed by atoms with Gasteiger partial charge in [-0.3, -0.25) is 20.0 Å². The Hall–Kier alpha value is -2.20. The third-order valence-corrected chi connectivity index (χ3v) is 10.8. The number of carbonyl (C=O) groups is 1. The summed E-state index contributed by atoms with van der Waals surface area (Å²) >= 11 is 0. The smallest absolute Gasteiger partial charge is 0.408 e. The fraction of sp³-hybridized carbons (Fsp3) is 0.714. The largest absolute Gasteiger partial charge is 0.465 e. The van der Waals surface area contributed by atoms with Gasteiger partial charge in [0.25, 0.3) is 0 Å². The molecule has 2 atom stereocenters. The van der Waals surface area contributed by atoms with Crippen LogP contribution in [0.3, 0.4) is 0 Å². The Morgan fingerprint density at radius 1 is 1.29 bits per heavy atom. The molecular weight excluding hydrogens is 416 g/mol. The van der Waals surface area contributed by atoms with Crippen LogP contribution in [0.2, 0.25) is 18.1 Å². The van der Waals surface area contributed by atoms with Crippen LogP contribution in [0, 0.1) is 10.1 Å². The topological polar surface area (TPSA) is 109 Å². The normalized spacial score (nSPS) is 20.5. The van der Waals surface area contributed by atoms with Gasteiger partial charge in [0.15, 0.2) is 8.32 Å². The molecule has 10 heteroatoms. The fourth-order valence-electron chi connectivity index (χ4n) is 3.87. The number of piperidine rings is 1. The van der Waals surface area contributed by atoms with Gasteiger partial charge in [-0.15, -0.1) is 0 Å². The van der Waals surface area contributed by atoms with Crippen LogP contribution in [0.25, 0.3) is 0 Å². The second-order valence-corrected chi connectivity index (χ2v) is 15.5. The molecule has 31 heavy (non-hydrogen) atoms. The molecule has 0 saturated carbocycles. The summed E-state index contributed by atoms with van der Waals surface area (Å²) in [5.41, 5.74) is -0.273. The van der Waals surface area contributed by atoms with E-state index >= 15 is 0 Å². The molecule has 1 aromatic heterocycles. The van der Waals surface area contributed by atoms with Crippen LogP contribution in [0.5, 0.6) is 0 Å². The molecular formula is C21H36N4O5Si. The highest BCUT2D eigenvalue weighted by Gasteiger charge is 2.44. The van der Waals surface area contributed by atoms with Gasteiger partial charge < -0.3 is 14.4 Å². The molecule has 1 aromatic rings. The van der Waals surface area contributed by atoms with Gasteiger partial charge in [-0.25, -0.2) is 4.79 Å². The maximum Gasteiger partial charge on any atom is 0.408 e. The zero-order chi connectivity index (χ0) is 23.8. The molecule has 174 valence electrons. The zero-order valence-electron chi connectivity index (χ0n) is 19.9. The Morgan fingerprint density at radius 3 is 2.39 bits per heavy atom. The van der Waals surface area contributed by atoms with Gasteiger partial charge in [0.05, 0.1) is 17.1 Å². The number of aromatic nitrogens is 1. The molecule has 1 fully saturated rings. The minimum Gasteiger partial charge on any atom is -0.465 e. The summed E-state index contributed by atoms with van der Waals surface area (Å²) in [6.07, 6.45) is 2.06. The number of rotatable bonds is 5. The van der Waals surface area contributed by atoms with Crippen molar-refractivity contribution in [3.8, 4) is 0 Å². The molecule has 1 saturated heterocycles. The second kappa shape index (κ2) is 8.74. The van der Waals surface area contributed by atoms with Gasteiger partial charge in [0, 0.05) is 24.8 Å². The van der Waals surface area contributed by atoms with Gasteiger partial charge in [-0.1, -0.05) is 20.8 Å². The first-order valence-corrected chi connectivity index (χ1v) is 13.5. The molecule has 1 amide bonds. The van der Waals surface area contributed by atoms with E-state index in [4.69, 9.17) is 4.43 Å². The number of hydrogen-bond acceptors (Lipinski definition) is 6. The van der Waals surface area contributed by atoms with Crippen molar-refractivity contribution in [3.05, 3.63) is 28.6 Å². The van der Waals surface area contributed by atoms with E-state index in [0.29, 0.717) is 25.2 Å². The van der Waals surface area contributed by atoms with Crippen molar-refractivity contribution in [3.63, 3.8) is 0 Å². The van der Waals surface area contributed by atoms with E-state index in [0.717, 1.165) is 0 Å². The van der Waals surface area contributed by atoms with Crippen molar-refractivity contribution in [2.75, 3.05) is 18.0 Å². The Labute approximate surface area is 185 Å². The van der Waals surface area contributed by atoms with Gasteiger partial charge in [0.1, 0.15) is 11.9 Å². The standard InChI is InChI=1S/C21H36N4O5Si/c1-20(2,3)24(19(26)27)15-11-16(30-31(7,8)21(4,5)6)14-23(13-15)17-9-10-22-12-18(17)25(28)29/h9-10,12,15-16H,11,13-14H2,1-8H3,(H,26,27)/t15-,16+/m0/s1. The van der Waals surface area contributed by atoms with Crippen molar-refractivity contribution < 1.29 is 19.3 Å². The maximum atomic E-state index is 12.2. The molecule has 1 aliphatic rings. The molecule has 0 aromatic carbocycles. The van der Waals surface area contributed by atoms with Crippen molar-refractivity contribution in [2.45, 2.75) is 83.8 Å². The number of pyridine rings is 1. The molecule has 2 heterocycles. The molecule has 2 rings (SSSR count). The zero-order valence-corrected chi connectivity index (χ0v) is 20.9. The first kappa shape index (κ1) is 25.1. The van der Waals surface area contributed by atoms with E-state index in [1.165, 1.54) is 17.3 Å². The molecule has 1 N–H and O–H groups in total. The molecule has 9 nitrogen and oxygen atoms in total. The number of amides is 1. The molecule has 0 radical (unpaired) electrons. The third kappa shape index (κ3) is 5.73. The van der Waals surface area contributed by atoms with Gasteiger partial charge >= 0.3 is 11.8 Å². The lowest BCUT2D eigenvalue weighted by molar-refractivity contribution is -0.384. The Morgan fingerprint density at radius 2 is 1.90 bits per heavy atom. The van der Waals surface area contributed by atoms with Crippen LogP contribution in [0.4, 0.5) is 16.2 Å². The lowest BCUT2D eigenvalue weighted by Crippen LogP contribution is -2.61. The highest BCUT2D eigenvalue weighted by atomic mass is 28.4. The van der Waals surface area contributed by atoms with Crippen molar-refractivity contribution in [1.29, 1.82) is 0 Å². The van der Waals surface area contributed by atoms with Crippen LogP contribution in [-0.4, -0.2) is 65.1 Å². The SMILES string of the molecule is CC(C)(C)N(C(=O)O)[C@H]1C[C@@H](O[Si](C)(C)C(C)(C)C)CN(c2ccncc2[N+](=O)[O-])C1. The van der Waals surface area contributed by atoms with Crippen molar-refractivity contribution >= 4 is 25.8 Å². The predicted molar refractivity (Wildman–Crippen MR) is 123 cm³/mol. The van der Waals surface area contributed by atoms with Crippen LogP contribution in [0.15, 0.2) is 18.5 Å². The Bertz CT molecular complexity index is 819. The summed E-state index contributed by atoms with van der Waals surface area (Å²) in [6, 6.07) is 1.25. The summed E-state index contributed by atoms with van der Waals surface area (Å²) in [5, 5.41) is 21.6. The molecule has 0 aliphatic carbocycles. The highest BCUT2D eigenvalue weighted by molar-refractivity contribution is 6.74. The van der Waals surface area contributed by atoms with Gasteiger partial charge in [0.2, 0.25) is 0 Å². The maximum absolute atomic E-state index is 12.2. The van der Waals surface area contributed by atoms with Crippen LogP contribution < -0.4 is 4.90 Å². The summed E-state index contributed by atoms with van der Waals surface area (Å²) in [4.78, 5) is 30.6. The summed E-state index contributed by atoms with van der Waals surface area (Å²) in [5.74, 6) is 0. The van der Waals surface area contributed by atoms with Crippen molar-refractivity contribution in [1.82, 2.24) is 9.88 Å². The average molecular weight is 453 g/mol. The lowest BCUT2D eigenvalue weighted by Gasteiger charge is -2.49. The molecule has 0 unspecified atom stereocenters. The molecule has 0 spiro atoms. The minimum atomic E-state index is -2.13. The van der Waals surface area contributed by atoms with Crippen LogP contribution in [-0.2, 0) is 4.43 Å². The summed E-state index contributed by atoms with van der Waals surface area (Å²) in [7, 11) is -2.13. The van der Waals surface area contributed by atoms with E-state index in [2.05, 4.69) is 38.8 Å². The second-order valence-electron chi connectivity index (χ2n) is 10.7. The first-order valence-electron chi connectivity index (χ1n) is 10.6. The quantitative estimate of drug-likeness (QED) is 0.390. The summed E-state index contributed by atoms with van der Waals surface area (Å²) in [6.45, 7) is 17.2. The summed E-state index contributed by atoms with van der Waals surface area (Å²) < 4.78 is 6.66. The van der Waals surface area contributed by atoms with Crippen LogP contribution in [0.1, 0.15) is 48.0 Å².